The van der Waals surface area contributed by atoms with Crippen LogP contribution in [-0.2, 0) is 6.42 Å². The predicted octanol–water partition coefficient (Wildman–Crippen LogP) is 2.57. The summed E-state index contributed by atoms with van der Waals surface area (Å²) in [5.74, 6) is 1.68. The van der Waals surface area contributed by atoms with Gasteiger partial charge in [0.2, 0.25) is 0 Å². The minimum atomic E-state index is 0.0395. The first-order valence-electron chi connectivity index (χ1n) is 9.08. The zero-order chi connectivity index (χ0) is 18.6. The highest BCUT2D eigenvalue weighted by Gasteiger charge is 2.10. The molecule has 0 aliphatic heterocycles. The standard InChI is InChI=1S/C21H29N3O2/c1-3-26-20-11-7-8-17(14-20)12-13-23-21(22-2)24-15-19(16-25)18-9-5-4-6-10-18/h4-11,14,19,25H,3,12-13,15-16H2,1-2H3,(H2,22,23,24). The Kier molecular flexibility index (Phi) is 8.49. The number of guanidine groups is 1. The van der Waals surface area contributed by atoms with Crippen molar-refractivity contribution in [3.8, 4) is 5.75 Å². The molecule has 140 valence electrons. The molecule has 2 aromatic carbocycles. The number of aliphatic hydroxyl groups is 1. The lowest BCUT2D eigenvalue weighted by Gasteiger charge is -2.18. The molecule has 5 heteroatoms. The Bertz CT molecular complexity index is 674. The average Bonchev–Trinajstić information content (AvgIpc) is 2.68. The summed E-state index contributed by atoms with van der Waals surface area (Å²) in [6.07, 6.45) is 0.879. The maximum absolute atomic E-state index is 9.65. The fourth-order valence-electron chi connectivity index (χ4n) is 2.74. The molecule has 0 aromatic heterocycles. The smallest absolute Gasteiger partial charge is 0.191 e. The van der Waals surface area contributed by atoms with E-state index in [2.05, 4.69) is 27.8 Å². The zero-order valence-electron chi connectivity index (χ0n) is 15.6. The van der Waals surface area contributed by atoms with E-state index < -0.39 is 0 Å². The first kappa shape index (κ1) is 19.8. The van der Waals surface area contributed by atoms with Gasteiger partial charge in [0, 0.05) is 26.1 Å². The monoisotopic (exact) mass is 355 g/mol. The zero-order valence-corrected chi connectivity index (χ0v) is 15.6. The number of nitrogens with one attached hydrogen (secondary N) is 2. The summed E-state index contributed by atoms with van der Waals surface area (Å²) in [7, 11) is 1.75. The fourth-order valence-corrected chi connectivity index (χ4v) is 2.74. The number of hydrogen-bond donors (Lipinski definition) is 3. The minimum Gasteiger partial charge on any atom is -0.494 e. The molecular weight excluding hydrogens is 326 g/mol. The molecule has 0 aliphatic carbocycles. The Balaban J connectivity index is 1.79. The van der Waals surface area contributed by atoms with Crippen LogP contribution in [0, 0.1) is 0 Å². The van der Waals surface area contributed by atoms with Gasteiger partial charge >= 0.3 is 0 Å². The predicted molar refractivity (Wildman–Crippen MR) is 107 cm³/mol. The molecule has 0 heterocycles. The lowest BCUT2D eigenvalue weighted by atomic mass is 10.0. The topological polar surface area (TPSA) is 65.9 Å². The van der Waals surface area contributed by atoms with Gasteiger partial charge in [-0.05, 0) is 36.6 Å². The van der Waals surface area contributed by atoms with Crippen LogP contribution in [0.2, 0.25) is 0 Å². The van der Waals surface area contributed by atoms with Gasteiger partial charge in [0.05, 0.1) is 13.2 Å². The number of ether oxygens (including phenoxy) is 1. The van der Waals surface area contributed by atoms with E-state index in [0.717, 1.165) is 30.2 Å². The number of aliphatic imine (C=N–C) groups is 1. The molecule has 1 atom stereocenters. The van der Waals surface area contributed by atoms with Gasteiger partial charge in [-0.25, -0.2) is 0 Å². The SMILES string of the molecule is CCOc1cccc(CCNC(=NC)NCC(CO)c2ccccc2)c1. The van der Waals surface area contributed by atoms with E-state index in [0.29, 0.717) is 13.2 Å². The van der Waals surface area contributed by atoms with Crippen LogP contribution >= 0.6 is 0 Å². The fraction of sp³-hybridized carbons (Fsp3) is 0.381. The molecule has 0 spiro atoms. The van der Waals surface area contributed by atoms with E-state index in [1.165, 1.54) is 5.56 Å². The largest absolute Gasteiger partial charge is 0.494 e. The summed E-state index contributed by atoms with van der Waals surface area (Å²) in [6, 6.07) is 18.2. The Labute approximate surface area is 156 Å². The third kappa shape index (κ3) is 6.41. The van der Waals surface area contributed by atoms with Gasteiger partial charge in [0.1, 0.15) is 5.75 Å². The molecule has 0 amide bonds. The van der Waals surface area contributed by atoms with Crippen molar-refractivity contribution in [2.45, 2.75) is 19.3 Å². The summed E-state index contributed by atoms with van der Waals surface area (Å²) in [5.41, 5.74) is 2.34. The van der Waals surface area contributed by atoms with Crippen molar-refractivity contribution < 1.29 is 9.84 Å². The molecule has 2 aromatic rings. The second-order valence-corrected chi connectivity index (χ2v) is 6.00. The molecular formula is C21H29N3O2. The van der Waals surface area contributed by atoms with Crippen molar-refractivity contribution in [3.63, 3.8) is 0 Å². The Hall–Kier alpha value is -2.53. The van der Waals surface area contributed by atoms with E-state index in [4.69, 9.17) is 4.74 Å². The summed E-state index contributed by atoms with van der Waals surface area (Å²) in [5, 5.41) is 16.3. The molecule has 0 saturated carbocycles. The number of nitrogens with zero attached hydrogens (tertiary/aromatic N) is 1. The van der Waals surface area contributed by atoms with Crippen LogP contribution in [0.3, 0.4) is 0 Å². The molecule has 3 N–H and O–H groups in total. The lowest BCUT2D eigenvalue weighted by molar-refractivity contribution is 0.265. The van der Waals surface area contributed by atoms with E-state index in [1.54, 1.807) is 7.05 Å². The van der Waals surface area contributed by atoms with Crippen LogP contribution < -0.4 is 15.4 Å². The minimum absolute atomic E-state index is 0.0395. The van der Waals surface area contributed by atoms with Crippen molar-refractivity contribution >= 4 is 5.96 Å². The highest BCUT2D eigenvalue weighted by molar-refractivity contribution is 5.79. The maximum Gasteiger partial charge on any atom is 0.191 e. The van der Waals surface area contributed by atoms with E-state index in [1.807, 2.05) is 49.4 Å². The third-order valence-electron chi connectivity index (χ3n) is 4.15. The van der Waals surface area contributed by atoms with Gasteiger partial charge in [-0.15, -0.1) is 0 Å². The normalized spacial score (nSPS) is 12.5. The van der Waals surface area contributed by atoms with Crippen LogP contribution in [0.15, 0.2) is 59.6 Å². The first-order valence-corrected chi connectivity index (χ1v) is 9.08. The molecule has 0 aliphatic rings. The second kappa shape index (κ2) is 11.2. The van der Waals surface area contributed by atoms with Crippen LogP contribution in [-0.4, -0.2) is 44.4 Å². The van der Waals surface area contributed by atoms with Gasteiger partial charge in [-0.2, -0.15) is 0 Å². The summed E-state index contributed by atoms with van der Waals surface area (Å²) >= 11 is 0. The highest BCUT2D eigenvalue weighted by atomic mass is 16.5. The molecule has 2 rings (SSSR count). The number of rotatable bonds is 9. The van der Waals surface area contributed by atoms with Crippen molar-refractivity contribution in [1.82, 2.24) is 10.6 Å². The number of hydrogen-bond acceptors (Lipinski definition) is 3. The van der Waals surface area contributed by atoms with Gasteiger partial charge in [0.25, 0.3) is 0 Å². The highest BCUT2D eigenvalue weighted by Crippen LogP contribution is 2.14. The third-order valence-corrected chi connectivity index (χ3v) is 4.15. The van der Waals surface area contributed by atoms with E-state index in [-0.39, 0.29) is 12.5 Å². The van der Waals surface area contributed by atoms with E-state index >= 15 is 0 Å². The van der Waals surface area contributed by atoms with Crippen LogP contribution in [0.1, 0.15) is 24.0 Å². The molecule has 5 nitrogen and oxygen atoms in total. The molecule has 0 bridgehead atoms. The first-order chi connectivity index (χ1) is 12.8. The molecule has 0 saturated heterocycles. The van der Waals surface area contributed by atoms with Gasteiger partial charge in [-0.1, -0.05) is 42.5 Å². The quantitative estimate of drug-likeness (QED) is 0.478. The Morgan fingerprint density at radius 1 is 1.12 bits per heavy atom. The van der Waals surface area contributed by atoms with Gasteiger partial charge in [-0.3, -0.25) is 4.99 Å². The Morgan fingerprint density at radius 3 is 2.62 bits per heavy atom. The Morgan fingerprint density at radius 2 is 1.92 bits per heavy atom. The lowest BCUT2D eigenvalue weighted by Crippen LogP contribution is -2.40. The maximum atomic E-state index is 9.65. The van der Waals surface area contributed by atoms with Gasteiger partial charge in [0.15, 0.2) is 5.96 Å². The van der Waals surface area contributed by atoms with E-state index in [9.17, 15) is 5.11 Å². The summed E-state index contributed by atoms with van der Waals surface area (Å²) in [6.45, 7) is 4.15. The van der Waals surface area contributed by atoms with Gasteiger partial charge < -0.3 is 20.5 Å². The summed E-state index contributed by atoms with van der Waals surface area (Å²) < 4.78 is 5.53. The molecule has 26 heavy (non-hydrogen) atoms. The van der Waals surface area contributed by atoms with Crippen LogP contribution in [0.5, 0.6) is 5.75 Å². The number of benzene rings is 2. The van der Waals surface area contributed by atoms with Crippen molar-refractivity contribution in [2.24, 2.45) is 4.99 Å². The second-order valence-electron chi connectivity index (χ2n) is 6.00. The number of aliphatic hydroxyl groups excluding tert-OH is 1. The van der Waals surface area contributed by atoms with Crippen LogP contribution in [0.25, 0.3) is 0 Å². The average molecular weight is 355 g/mol. The van der Waals surface area contributed by atoms with Crippen molar-refractivity contribution in [1.29, 1.82) is 0 Å². The summed E-state index contributed by atoms with van der Waals surface area (Å²) in [4.78, 5) is 4.25. The molecule has 0 fully saturated rings. The molecule has 0 radical (unpaired) electrons. The van der Waals surface area contributed by atoms with Crippen LogP contribution in [0.4, 0.5) is 0 Å². The van der Waals surface area contributed by atoms with Crippen molar-refractivity contribution in [2.75, 3.05) is 33.4 Å². The van der Waals surface area contributed by atoms with Crippen molar-refractivity contribution in [3.05, 3.63) is 65.7 Å². The molecule has 1 unspecified atom stereocenters.